The third kappa shape index (κ3) is 5.55. The number of hydrogen-bond acceptors (Lipinski definition) is 11. The molecule has 0 unspecified atom stereocenters. The summed E-state index contributed by atoms with van der Waals surface area (Å²) in [6, 6.07) is 13.8. The Morgan fingerprint density at radius 2 is 1.56 bits per heavy atom. The highest BCUT2D eigenvalue weighted by molar-refractivity contribution is 5.89. The Morgan fingerprint density at radius 3 is 2.29 bits per heavy atom. The number of carbonyl (C=O) groups is 1. The van der Waals surface area contributed by atoms with E-state index in [9.17, 15) is 19.8 Å². The topological polar surface area (TPSA) is 143 Å². The normalized spacial score (nSPS) is 16.0. The van der Waals surface area contributed by atoms with Crippen LogP contribution in [0.25, 0.3) is 17.0 Å². The van der Waals surface area contributed by atoms with Gasteiger partial charge in [-0.25, -0.2) is 9.59 Å². The van der Waals surface area contributed by atoms with Crippen molar-refractivity contribution in [2.24, 2.45) is 0 Å². The van der Waals surface area contributed by atoms with E-state index in [0.717, 1.165) is 0 Å². The van der Waals surface area contributed by atoms with Crippen LogP contribution in [0, 0.1) is 0 Å². The highest BCUT2D eigenvalue weighted by Gasteiger charge is 2.38. The molecular formula is C30H26O11. The number of esters is 1. The van der Waals surface area contributed by atoms with E-state index in [4.69, 9.17) is 32.8 Å². The summed E-state index contributed by atoms with van der Waals surface area (Å²) in [7, 11) is 4.30. The zero-order valence-electron chi connectivity index (χ0n) is 22.3. The first-order valence-corrected chi connectivity index (χ1v) is 12.4. The number of benzene rings is 3. The number of phenols is 2. The maximum atomic E-state index is 12.7. The van der Waals surface area contributed by atoms with Gasteiger partial charge >= 0.3 is 11.6 Å². The molecule has 0 fully saturated rings. The number of rotatable bonds is 8. The Labute approximate surface area is 233 Å². The molecule has 0 spiro atoms. The molecule has 5 rings (SSSR count). The number of phenolic OH excluding ortho intramolecular Hbond substituents is 2. The van der Waals surface area contributed by atoms with Crippen LogP contribution in [0.15, 0.2) is 69.9 Å². The lowest BCUT2D eigenvalue weighted by molar-refractivity contribution is -0.142. The molecule has 41 heavy (non-hydrogen) atoms. The van der Waals surface area contributed by atoms with E-state index < -0.39 is 23.8 Å². The van der Waals surface area contributed by atoms with Crippen molar-refractivity contribution >= 4 is 23.0 Å². The van der Waals surface area contributed by atoms with Crippen LogP contribution in [0.1, 0.15) is 17.2 Å². The quantitative estimate of drug-likeness (QED) is 0.180. The Bertz CT molecular complexity index is 1690. The molecule has 212 valence electrons. The van der Waals surface area contributed by atoms with E-state index in [1.807, 2.05) is 0 Å². The van der Waals surface area contributed by atoms with Gasteiger partial charge in [0.15, 0.2) is 46.5 Å². The van der Waals surface area contributed by atoms with Gasteiger partial charge in [0.25, 0.3) is 0 Å². The second-order valence-corrected chi connectivity index (χ2v) is 8.93. The molecule has 1 aromatic heterocycles. The van der Waals surface area contributed by atoms with Crippen molar-refractivity contribution in [1.82, 2.24) is 0 Å². The van der Waals surface area contributed by atoms with Gasteiger partial charge in [-0.1, -0.05) is 12.1 Å². The molecule has 2 heterocycles. The fourth-order valence-corrected chi connectivity index (χ4v) is 4.38. The standard InChI is InChI=1S/C30H26O11/c1-35-21-12-16(4-8-19(21)31)5-10-25(33)38-15-24-27(17-6-9-20(32)22(13-17)36-2)41-29-23(37-3)14-18-7-11-26(34)40-28(18)30(29)39-24/h4-14,24,27,31-32H,15H2,1-3H3/t24-,27-/m1/s1. The Hall–Kier alpha value is -5.32. The van der Waals surface area contributed by atoms with Crippen molar-refractivity contribution in [3.63, 3.8) is 0 Å². The molecule has 0 radical (unpaired) electrons. The van der Waals surface area contributed by atoms with Crippen LogP contribution in [-0.2, 0) is 9.53 Å². The van der Waals surface area contributed by atoms with Crippen molar-refractivity contribution in [2.75, 3.05) is 27.9 Å². The molecule has 0 bridgehead atoms. The van der Waals surface area contributed by atoms with Crippen LogP contribution >= 0.6 is 0 Å². The van der Waals surface area contributed by atoms with E-state index >= 15 is 0 Å². The second kappa shape index (κ2) is 11.4. The van der Waals surface area contributed by atoms with Crippen molar-refractivity contribution in [3.8, 4) is 40.2 Å². The van der Waals surface area contributed by atoms with Crippen molar-refractivity contribution in [2.45, 2.75) is 12.2 Å². The lowest BCUT2D eigenvalue weighted by atomic mass is 10.0. The summed E-state index contributed by atoms with van der Waals surface area (Å²) in [5.41, 5.74) is 0.713. The lowest BCUT2D eigenvalue weighted by Gasteiger charge is -2.34. The highest BCUT2D eigenvalue weighted by atomic mass is 16.6. The molecule has 3 aromatic carbocycles. The predicted octanol–water partition coefficient (Wildman–Crippen LogP) is 4.37. The first kappa shape index (κ1) is 27.3. The molecule has 1 aliphatic rings. The molecule has 0 saturated carbocycles. The summed E-state index contributed by atoms with van der Waals surface area (Å²) in [4.78, 5) is 24.7. The molecule has 1 aliphatic heterocycles. The fourth-order valence-electron chi connectivity index (χ4n) is 4.38. The number of carbonyl (C=O) groups excluding carboxylic acids is 1. The Balaban J connectivity index is 1.47. The Morgan fingerprint density at radius 1 is 0.854 bits per heavy atom. The minimum absolute atomic E-state index is 0.0288. The van der Waals surface area contributed by atoms with Crippen molar-refractivity contribution < 1.29 is 47.8 Å². The molecule has 4 aromatic rings. The van der Waals surface area contributed by atoms with Crippen LogP contribution in [0.5, 0.6) is 40.2 Å². The predicted molar refractivity (Wildman–Crippen MR) is 146 cm³/mol. The molecule has 0 amide bonds. The first-order chi connectivity index (χ1) is 19.8. The molecular weight excluding hydrogens is 536 g/mol. The summed E-state index contributed by atoms with van der Waals surface area (Å²) in [6.07, 6.45) is 0.966. The van der Waals surface area contributed by atoms with Crippen LogP contribution in [-0.4, -0.2) is 50.2 Å². The van der Waals surface area contributed by atoms with Crippen LogP contribution < -0.4 is 29.3 Å². The maximum Gasteiger partial charge on any atom is 0.336 e. The molecule has 2 N–H and O–H groups in total. The second-order valence-electron chi connectivity index (χ2n) is 8.93. The average molecular weight is 563 g/mol. The zero-order valence-corrected chi connectivity index (χ0v) is 22.3. The minimum Gasteiger partial charge on any atom is -0.504 e. The van der Waals surface area contributed by atoms with Crippen molar-refractivity contribution in [3.05, 3.63) is 82.2 Å². The SMILES string of the molecule is COc1cc(C=CC(=O)OC[C@H]2Oc3c(c(OC)cc4ccc(=O)oc34)O[C@@H]2c2ccc(O)c(OC)c2)ccc1O. The number of hydrogen-bond donors (Lipinski definition) is 2. The zero-order chi connectivity index (χ0) is 29.1. The van der Waals surface area contributed by atoms with Gasteiger partial charge in [-0.05, 0) is 48.0 Å². The van der Waals surface area contributed by atoms with Gasteiger partial charge < -0.3 is 43.1 Å². The lowest BCUT2D eigenvalue weighted by Crippen LogP contribution is -2.37. The highest BCUT2D eigenvalue weighted by Crippen LogP contribution is 2.50. The maximum absolute atomic E-state index is 12.7. The fraction of sp³-hybridized carbons (Fsp3) is 0.200. The monoisotopic (exact) mass is 562 g/mol. The summed E-state index contributed by atoms with van der Waals surface area (Å²) in [6.45, 7) is -0.259. The van der Waals surface area contributed by atoms with E-state index in [-0.39, 0.29) is 46.7 Å². The van der Waals surface area contributed by atoms with E-state index in [1.54, 1.807) is 36.4 Å². The summed E-state index contributed by atoms with van der Waals surface area (Å²) < 4.78 is 39.4. The largest absolute Gasteiger partial charge is 0.504 e. The number of aromatic hydroxyl groups is 2. The summed E-state index contributed by atoms with van der Waals surface area (Å²) in [5.74, 6) is 0.332. The molecule has 0 aliphatic carbocycles. The third-order valence-electron chi connectivity index (χ3n) is 6.40. The smallest absolute Gasteiger partial charge is 0.336 e. The average Bonchev–Trinajstić information content (AvgIpc) is 2.99. The van der Waals surface area contributed by atoms with Crippen LogP contribution in [0.4, 0.5) is 0 Å². The molecule has 11 heteroatoms. The number of methoxy groups -OCH3 is 3. The summed E-state index contributed by atoms with van der Waals surface area (Å²) in [5, 5.41) is 20.4. The summed E-state index contributed by atoms with van der Waals surface area (Å²) >= 11 is 0. The van der Waals surface area contributed by atoms with E-state index in [1.165, 1.54) is 51.7 Å². The van der Waals surface area contributed by atoms with E-state index in [2.05, 4.69) is 0 Å². The van der Waals surface area contributed by atoms with Gasteiger partial charge in [-0.15, -0.1) is 0 Å². The molecule has 0 saturated heterocycles. The number of fused-ring (bicyclic) bond motifs is 3. The van der Waals surface area contributed by atoms with Gasteiger partial charge in [-0.2, -0.15) is 0 Å². The first-order valence-electron chi connectivity index (χ1n) is 12.4. The van der Waals surface area contributed by atoms with Gasteiger partial charge in [0.2, 0.25) is 11.5 Å². The minimum atomic E-state index is -0.913. The van der Waals surface area contributed by atoms with E-state index in [0.29, 0.717) is 22.3 Å². The van der Waals surface area contributed by atoms with Gasteiger partial charge in [-0.3, -0.25) is 0 Å². The van der Waals surface area contributed by atoms with Gasteiger partial charge in [0, 0.05) is 23.1 Å². The number of ether oxygens (including phenoxy) is 6. The van der Waals surface area contributed by atoms with Crippen molar-refractivity contribution in [1.29, 1.82) is 0 Å². The van der Waals surface area contributed by atoms with Crippen LogP contribution in [0.2, 0.25) is 0 Å². The third-order valence-corrected chi connectivity index (χ3v) is 6.40. The van der Waals surface area contributed by atoms with Gasteiger partial charge in [0.05, 0.1) is 21.3 Å². The Kier molecular flexibility index (Phi) is 7.59. The molecule has 2 atom stereocenters. The van der Waals surface area contributed by atoms with Gasteiger partial charge in [0.1, 0.15) is 6.61 Å². The van der Waals surface area contributed by atoms with Crippen LogP contribution in [0.3, 0.4) is 0 Å². The molecule has 11 nitrogen and oxygen atoms in total.